The van der Waals surface area contributed by atoms with Gasteiger partial charge in [0.15, 0.2) is 0 Å². The van der Waals surface area contributed by atoms with Crippen LogP contribution in [0.3, 0.4) is 0 Å². The molecular weight excluding hydrogens is 436 g/mol. The van der Waals surface area contributed by atoms with Gasteiger partial charge in [-0.15, -0.1) is 0 Å². The summed E-state index contributed by atoms with van der Waals surface area (Å²) in [7, 11) is 0. The number of aromatic hydroxyl groups is 1. The van der Waals surface area contributed by atoms with E-state index in [1.54, 1.807) is 0 Å². The van der Waals surface area contributed by atoms with Crippen molar-refractivity contribution in [3.05, 3.63) is 90.0 Å². The molecule has 0 spiro atoms. The second-order valence-corrected chi connectivity index (χ2v) is 10.7. The van der Waals surface area contributed by atoms with Crippen molar-refractivity contribution >= 4 is 10.8 Å². The first-order chi connectivity index (χ1) is 17.7. The molecular formula is C35H40O. The van der Waals surface area contributed by atoms with Crippen LogP contribution in [-0.4, -0.2) is 5.11 Å². The van der Waals surface area contributed by atoms with Crippen LogP contribution < -0.4 is 0 Å². The Morgan fingerprint density at radius 1 is 0.583 bits per heavy atom. The van der Waals surface area contributed by atoms with Gasteiger partial charge >= 0.3 is 0 Å². The fourth-order valence-corrected chi connectivity index (χ4v) is 6.48. The Morgan fingerprint density at radius 2 is 1.22 bits per heavy atom. The van der Waals surface area contributed by atoms with Gasteiger partial charge in [-0.1, -0.05) is 138 Å². The van der Waals surface area contributed by atoms with Crippen molar-refractivity contribution in [2.45, 2.75) is 83.5 Å². The van der Waals surface area contributed by atoms with Gasteiger partial charge in [0.05, 0.1) is 0 Å². The van der Waals surface area contributed by atoms with E-state index in [1.807, 2.05) is 18.2 Å². The molecule has 0 saturated carbocycles. The minimum absolute atomic E-state index is 0.0654. The Bertz CT molecular complexity index is 1320. The number of phenolic OH excluding ortho intramolecular Hbond substituents is 1. The molecule has 0 aliphatic heterocycles. The zero-order chi connectivity index (χ0) is 25.0. The summed E-state index contributed by atoms with van der Waals surface area (Å²) < 4.78 is 0. The predicted molar refractivity (Wildman–Crippen MR) is 155 cm³/mol. The van der Waals surface area contributed by atoms with Crippen LogP contribution in [-0.2, 0) is 5.41 Å². The molecule has 4 aromatic rings. The Labute approximate surface area is 217 Å². The van der Waals surface area contributed by atoms with Crippen molar-refractivity contribution in [3.8, 4) is 28.0 Å². The van der Waals surface area contributed by atoms with E-state index >= 15 is 0 Å². The number of fused-ring (bicyclic) bond motifs is 4. The van der Waals surface area contributed by atoms with Gasteiger partial charge in [-0.25, -0.2) is 0 Å². The van der Waals surface area contributed by atoms with Crippen LogP contribution >= 0.6 is 0 Å². The third-order valence-electron chi connectivity index (χ3n) is 8.39. The maximum Gasteiger partial charge on any atom is 0.131 e. The lowest BCUT2D eigenvalue weighted by molar-refractivity contribution is 0.401. The van der Waals surface area contributed by atoms with Crippen molar-refractivity contribution in [2.24, 2.45) is 0 Å². The topological polar surface area (TPSA) is 20.2 Å². The van der Waals surface area contributed by atoms with Gasteiger partial charge in [0.1, 0.15) is 5.75 Å². The van der Waals surface area contributed by atoms with E-state index in [0.717, 1.165) is 21.9 Å². The van der Waals surface area contributed by atoms with Gasteiger partial charge in [0, 0.05) is 16.4 Å². The second kappa shape index (κ2) is 10.9. The summed E-state index contributed by atoms with van der Waals surface area (Å²) in [5.74, 6) is 0.389. The summed E-state index contributed by atoms with van der Waals surface area (Å²) in [6.45, 7) is 4.59. The molecule has 0 aromatic heterocycles. The van der Waals surface area contributed by atoms with E-state index in [9.17, 15) is 5.11 Å². The normalized spacial score (nSPS) is 13.6. The molecule has 1 nitrogen and oxygen atoms in total. The number of rotatable bonds is 11. The first kappa shape index (κ1) is 24.6. The molecule has 0 radical (unpaired) electrons. The first-order valence-electron chi connectivity index (χ1n) is 14.1. The molecule has 0 heterocycles. The van der Waals surface area contributed by atoms with E-state index in [-0.39, 0.29) is 5.41 Å². The summed E-state index contributed by atoms with van der Waals surface area (Å²) in [4.78, 5) is 0. The lowest BCUT2D eigenvalue weighted by Crippen LogP contribution is -2.25. The predicted octanol–water partition coefficient (Wildman–Crippen LogP) is 10.4. The summed E-state index contributed by atoms with van der Waals surface area (Å²) >= 11 is 0. The first-order valence-corrected chi connectivity index (χ1v) is 14.1. The number of benzene rings is 4. The van der Waals surface area contributed by atoms with Crippen molar-refractivity contribution in [1.82, 2.24) is 0 Å². The minimum atomic E-state index is 0.0654. The lowest BCUT2D eigenvalue weighted by Gasteiger charge is -2.33. The maximum absolute atomic E-state index is 11.3. The van der Waals surface area contributed by atoms with Gasteiger partial charge in [-0.05, 0) is 52.1 Å². The summed E-state index contributed by atoms with van der Waals surface area (Å²) in [5, 5.41) is 13.3. The molecule has 1 heteroatoms. The molecule has 0 fully saturated rings. The van der Waals surface area contributed by atoms with Crippen molar-refractivity contribution in [1.29, 1.82) is 0 Å². The third kappa shape index (κ3) is 4.45. The van der Waals surface area contributed by atoms with E-state index in [1.165, 1.54) is 86.5 Å². The number of hydrogen-bond acceptors (Lipinski definition) is 1. The van der Waals surface area contributed by atoms with Gasteiger partial charge in [0.25, 0.3) is 0 Å². The number of hydrogen-bond donors (Lipinski definition) is 1. The SMILES string of the molecule is CCCCCCC1(CCCCCC)c2ccccc2-c2ccc(-c3ccc4ccccc4c3O)cc21. The highest BCUT2D eigenvalue weighted by molar-refractivity contribution is 5.95. The molecule has 4 aromatic carbocycles. The highest BCUT2D eigenvalue weighted by atomic mass is 16.3. The van der Waals surface area contributed by atoms with Crippen LogP contribution in [0.2, 0.25) is 0 Å². The molecule has 186 valence electrons. The molecule has 0 bridgehead atoms. The molecule has 1 aliphatic carbocycles. The second-order valence-electron chi connectivity index (χ2n) is 10.7. The third-order valence-corrected chi connectivity index (χ3v) is 8.39. The molecule has 0 atom stereocenters. The molecule has 0 saturated heterocycles. The van der Waals surface area contributed by atoms with Crippen LogP contribution in [0.15, 0.2) is 78.9 Å². The van der Waals surface area contributed by atoms with Gasteiger partial charge in [-0.2, -0.15) is 0 Å². The largest absolute Gasteiger partial charge is 0.507 e. The van der Waals surface area contributed by atoms with Crippen LogP contribution in [0.1, 0.15) is 89.2 Å². The smallest absolute Gasteiger partial charge is 0.131 e. The molecule has 0 unspecified atom stereocenters. The summed E-state index contributed by atoms with van der Waals surface area (Å²) in [5.41, 5.74) is 7.91. The Kier molecular flexibility index (Phi) is 7.46. The summed E-state index contributed by atoms with van der Waals surface area (Å²) in [6, 6.07) is 28.4. The molecule has 5 rings (SSSR count). The standard InChI is InChI=1S/C35H40O/c1-3-5-7-13-23-35(24-14-8-6-4-2)32-18-12-11-17-30(32)31-22-20-27(25-33(31)35)29-21-19-26-15-9-10-16-28(26)34(29)36/h9-12,15-22,25,36H,3-8,13-14,23-24H2,1-2H3. The van der Waals surface area contributed by atoms with Crippen LogP contribution in [0, 0.1) is 0 Å². The zero-order valence-corrected chi connectivity index (χ0v) is 22.0. The van der Waals surface area contributed by atoms with E-state index in [2.05, 4.69) is 74.5 Å². The van der Waals surface area contributed by atoms with E-state index < -0.39 is 0 Å². The highest BCUT2D eigenvalue weighted by Gasteiger charge is 2.42. The summed E-state index contributed by atoms with van der Waals surface area (Å²) in [6.07, 6.45) is 12.7. The average Bonchev–Trinajstić information content (AvgIpc) is 3.19. The van der Waals surface area contributed by atoms with Crippen LogP contribution in [0.4, 0.5) is 0 Å². The van der Waals surface area contributed by atoms with E-state index in [0.29, 0.717) is 5.75 Å². The quantitative estimate of drug-likeness (QED) is 0.213. The molecule has 36 heavy (non-hydrogen) atoms. The average molecular weight is 477 g/mol. The highest BCUT2D eigenvalue weighted by Crippen LogP contribution is 2.55. The Morgan fingerprint density at radius 3 is 1.97 bits per heavy atom. The van der Waals surface area contributed by atoms with Crippen molar-refractivity contribution in [3.63, 3.8) is 0 Å². The number of unbranched alkanes of at least 4 members (excludes halogenated alkanes) is 6. The van der Waals surface area contributed by atoms with Gasteiger partial charge in [0.2, 0.25) is 0 Å². The fraction of sp³-hybridized carbons (Fsp3) is 0.371. The lowest BCUT2D eigenvalue weighted by atomic mass is 9.70. The van der Waals surface area contributed by atoms with Gasteiger partial charge < -0.3 is 5.11 Å². The Hall–Kier alpha value is -3.06. The monoisotopic (exact) mass is 476 g/mol. The van der Waals surface area contributed by atoms with Gasteiger partial charge in [-0.3, -0.25) is 0 Å². The zero-order valence-electron chi connectivity index (χ0n) is 22.0. The minimum Gasteiger partial charge on any atom is -0.507 e. The number of phenols is 1. The van der Waals surface area contributed by atoms with Crippen molar-refractivity contribution in [2.75, 3.05) is 0 Å². The van der Waals surface area contributed by atoms with E-state index in [4.69, 9.17) is 0 Å². The van der Waals surface area contributed by atoms with Crippen LogP contribution in [0.5, 0.6) is 5.75 Å². The molecule has 1 N–H and O–H groups in total. The maximum atomic E-state index is 11.3. The Balaban J connectivity index is 1.62. The van der Waals surface area contributed by atoms with Crippen LogP contribution in [0.25, 0.3) is 33.0 Å². The molecule has 0 amide bonds. The molecule has 1 aliphatic rings. The fourth-order valence-electron chi connectivity index (χ4n) is 6.48. The van der Waals surface area contributed by atoms with Crippen molar-refractivity contribution < 1.29 is 5.11 Å².